The number of hydrogen-bond acceptors (Lipinski definition) is 3. The van der Waals surface area contributed by atoms with Crippen molar-refractivity contribution >= 4 is 17.4 Å². The first kappa shape index (κ1) is 12.5. The molecule has 1 N–H and O–H groups in total. The largest absolute Gasteiger partial charge is 0.378 e. The number of rotatable bonds is 2. The Morgan fingerprint density at radius 2 is 2.00 bits per heavy atom. The van der Waals surface area contributed by atoms with Crippen LogP contribution in [0.25, 0.3) is 0 Å². The Hall–Kier alpha value is -1.58. The van der Waals surface area contributed by atoms with Gasteiger partial charge in [-0.2, -0.15) is 0 Å². The first-order valence-electron chi connectivity index (χ1n) is 5.25. The van der Waals surface area contributed by atoms with Crippen molar-refractivity contribution in [3.05, 3.63) is 18.3 Å². The number of amides is 1. The van der Waals surface area contributed by atoms with Gasteiger partial charge in [0.25, 0.3) is 0 Å². The zero-order valence-corrected chi connectivity index (χ0v) is 10.5. The van der Waals surface area contributed by atoms with E-state index in [1.165, 1.54) is 0 Å². The molecule has 0 unspecified atom stereocenters. The highest BCUT2D eigenvalue weighted by atomic mass is 16.2. The van der Waals surface area contributed by atoms with E-state index in [1.807, 2.05) is 51.9 Å². The Morgan fingerprint density at radius 3 is 2.50 bits per heavy atom. The lowest BCUT2D eigenvalue weighted by molar-refractivity contribution is -0.123. The van der Waals surface area contributed by atoms with Crippen LogP contribution in [0.3, 0.4) is 0 Å². The van der Waals surface area contributed by atoms with Gasteiger partial charge in [0, 0.05) is 37.5 Å². The number of pyridine rings is 1. The van der Waals surface area contributed by atoms with E-state index in [0.29, 0.717) is 5.82 Å². The predicted molar refractivity (Wildman–Crippen MR) is 66.6 cm³/mol. The third-order valence-corrected chi connectivity index (χ3v) is 2.18. The highest BCUT2D eigenvalue weighted by Gasteiger charge is 2.21. The molecule has 0 aromatic carbocycles. The van der Waals surface area contributed by atoms with E-state index in [4.69, 9.17) is 0 Å². The first-order chi connectivity index (χ1) is 7.30. The molecule has 1 aromatic heterocycles. The summed E-state index contributed by atoms with van der Waals surface area (Å²) in [5, 5.41) is 2.80. The SMILES string of the molecule is CN(C)c1ccnc(NC(=O)C(C)(C)C)c1. The van der Waals surface area contributed by atoms with E-state index < -0.39 is 5.41 Å². The Balaban J connectivity index is 2.83. The summed E-state index contributed by atoms with van der Waals surface area (Å²) < 4.78 is 0. The lowest BCUT2D eigenvalue weighted by Crippen LogP contribution is -2.28. The van der Waals surface area contributed by atoms with Gasteiger partial charge in [0.1, 0.15) is 5.82 Å². The van der Waals surface area contributed by atoms with Crippen LogP contribution in [0.4, 0.5) is 11.5 Å². The average Bonchev–Trinajstić information content (AvgIpc) is 2.16. The van der Waals surface area contributed by atoms with Crippen LogP contribution in [0.15, 0.2) is 18.3 Å². The minimum Gasteiger partial charge on any atom is -0.378 e. The summed E-state index contributed by atoms with van der Waals surface area (Å²) in [6, 6.07) is 3.75. The lowest BCUT2D eigenvalue weighted by Gasteiger charge is -2.18. The molecule has 1 rings (SSSR count). The fourth-order valence-corrected chi connectivity index (χ4v) is 1.07. The number of anilines is 2. The van der Waals surface area contributed by atoms with Crippen molar-refractivity contribution in [3.8, 4) is 0 Å². The maximum atomic E-state index is 11.8. The molecular weight excluding hydrogens is 202 g/mol. The maximum absolute atomic E-state index is 11.8. The normalized spacial score (nSPS) is 11.1. The van der Waals surface area contributed by atoms with Crippen molar-refractivity contribution in [1.82, 2.24) is 4.98 Å². The second-order valence-corrected chi connectivity index (χ2v) is 5.00. The van der Waals surface area contributed by atoms with Gasteiger partial charge >= 0.3 is 0 Å². The van der Waals surface area contributed by atoms with E-state index in [1.54, 1.807) is 6.20 Å². The third kappa shape index (κ3) is 3.22. The van der Waals surface area contributed by atoms with Crippen LogP contribution in [0.2, 0.25) is 0 Å². The van der Waals surface area contributed by atoms with Crippen LogP contribution in [-0.2, 0) is 4.79 Å². The molecule has 0 radical (unpaired) electrons. The van der Waals surface area contributed by atoms with Crippen molar-refractivity contribution < 1.29 is 4.79 Å². The maximum Gasteiger partial charge on any atom is 0.230 e. The van der Waals surface area contributed by atoms with Crippen molar-refractivity contribution in [2.24, 2.45) is 5.41 Å². The third-order valence-electron chi connectivity index (χ3n) is 2.18. The highest BCUT2D eigenvalue weighted by molar-refractivity contribution is 5.94. The molecule has 1 aromatic rings. The van der Waals surface area contributed by atoms with Crippen LogP contribution in [0, 0.1) is 5.41 Å². The molecule has 4 nitrogen and oxygen atoms in total. The summed E-state index contributed by atoms with van der Waals surface area (Å²) >= 11 is 0. The van der Waals surface area contributed by atoms with E-state index in [9.17, 15) is 4.79 Å². The molecule has 0 spiro atoms. The molecule has 0 saturated carbocycles. The quantitative estimate of drug-likeness (QED) is 0.832. The second kappa shape index (κ2) is 4.51. The van der Waals surface area contributed by atoms with Crippen LogP contribution < -0.4 is 10.2 Å². The van der Waals surface area contributed by atoms with Crippen molar-refractivity contribution in [2.75, 3.05) is 24.3 Å². The molecular formula is C12H19N3O. The Kier molecular flexibility index (Phi) is 3.52. The van der Waals surface area contributed by atoms with Gasteiger partial charge in [0.05, 0.1) is 0 Å². The molecule has 0 aliphatic rings. The monoisotopic (exact) mass is 221 g/mol. The molecule has 0 saturated heterocycles. The molecule has 88 valence electrons. The molecule has 0 aliphatic carbocycles. The molecule has 0 bridgehead atoms. The summed E-state index contributed by atoms with van der Waals surface area (Å²) in [6.45, 7) is 5.62. The molecule has 1 heterocycles. The number of nitrogens with one attached hydrogen (secondary N) is 1. The fourth-order valence-electron chi connectivity index (χ4n) is 1.07. The van der Waals surface area contributed by atoms with E-state index in [0.717, 1.165) is 5.69 Å². The van der Waals surface area contributed by atoms with Crippen molar-refractivity contribution in [3.63, 3.8) is 0 Å². The smallest absolute Gasteiger partial charge is 0.230 e. The minimum absolute atomic E-state index is 0.0316. The van der Waals surface area contributed by atoms with Crippen LogP contribution >= 0.6 is 0 Å². The second-order valence-electron chi connectivity index (χ2n) is 5.00. The van der Waals surface area contributed by atoms with Gasteiger partial charge in [0.2, 0.25) is 5.91 Å². The summed E-state index contributed by atoms with van der Waals surface area (Å²) in [6.07, 6.45) is 1.69. The van der Waals surface area contributed by atoms with Crippen molar-refractivity contribution in [2.45, 2.75) is 20.8 Å². The van der Waals surface area contributed by atoms with Crippen LogP contribution in [0.5, 0.6) is 0 Å². The van der Waals surface area contributed by atoms with Gasteiger partial charge in [-0.3, -0.25) is 4.79 Å². The van der Waals surface area contributed by atoms with E-state index in [-0.39, 0.29) is 5.91 Å². The number of nitrogens with zero attached hydrogens (tertiary/aromatic N) is 2. The average molecular weight is 221 g/mol. The summed E-state index contributed by atoms with van der Waals surface area (Å²) in [5.41, 5.74) is 0.606. The number of carbonyl (C=O) groups is 1. The summed E-state index contributed by atoms with van der Waals surface area (Å²) in [7, 11) is 3.90. The molecule has 4 heteroatoms. The van der Waals surface area contributed by atoms with Gasteiger partial charge in [0.15, 0.2) is 0 Å². The zero-order valence-electron chi connectivity index (χ0n) is 10.5. The minimum atomic E-state index is -0.407. The summed E-state index contributed by atoms with van der Waals surface area (Å²) in [5.74, 6) is 0.557. The first-order valence-corrected chi connectivity index (χ1v) is 5.25. The Morgan fingerprint density at radius 1 is 1.38 bits per heavy atom. The van der Waals surface area contributed by atoms with Crippen LogP contribution in [0.1, 0.15) is 20.8 Å². The van der Waals surface area contributed by atoms with Crippen LogP contribution in [-0.4, -0.2) is 25.0 Å². The van der Waals surface area contributed by atoms with Gasteiger partial charge < -0.3 is 10.2 Å². The predicted octanol–water partition coefficient (Wildman–Crippen LogP) is 2.13. The molecule has 0 atom stereocenters. The number of hydrogen-bond donors (Lipinski definition) is 1. The zero-order chi connectivity index (χ0) is 12.3. The van der Waals surface area contributed by atoms with Crippen molar-refractivity contribution in [1.29, 1.82) is 0 Å². The molecule has 0 aliphatic heterocycles. The molecule has 1 amide bonds. The molecule has 0 fully saturated rings. The van der Waals surface area contributed by atoms with Gasteiger partial charge in [-0.25, -0.2) is 4.98 Å². The van der Waals surface area contributed by atoms with Gasteiger partial charge in [-0.1, -0.05) is 20.8 Å². The summed E-state index contributed by atoms with van der Waals surface area (Å²) in [4.78, 5) is 17.8. The topological polar surface area (TPSA) is 45.2 Å². The van der Waals surface area contributed by atoms with Gasteiger partial charge in [-0.05, 0) is 6.07 Å². The van der Waals surface area contributed by atoms with E-state index >= 15 is 0 Å². The number of carbonyl (C=O) groups excluding carboxylic acids is 1. The Labute approximate surface area is 96.7 Å². The van der Waals surface area contributed by atoms with Gasteiger partial charge in [-0.15, -0.1) is 0 Å². The van der Waals surface area contributed by atoms with E-state index in [2.05, 4.69) is 10.3 Å². The fraction of sp³-hybridized carbons (Fsp3) is 0.500. The highest BCUT2D eigenvalue weighted by Crippen LogP contribution is 2.18. The molecule has 16 heavy (non-hydrogen) atoms. The Bertz CT molecular complexity index is 380. The standard InChI is InChI=1S/C12H19N3O/c1-12(2,3)11(16)14-10-8-9(15(4)5)6-7-13-10/h6-8H,1-5H3,(H,13,14,16). The number of aromatic nitrogens is 1. The lowest BCUT2D eigenvalue weighted by atomic mass is 9.96.